The van der Waals surface area contributed by atoms with Crippen molar-refractivity contribution in [2.24, 2.45) is 0 Å². The van der Waals surface area contributed by atoms with Gasteiger partial charge in [-0.25, -0.2) is 0 Å². The van der Waals surface area contributed by atoms with Crippen LogP contribution >= 0.6 is 28.1 Å². The molecule has 0 atom stereocenters. The Bertz CT molecular complexity index is 720. The highest BCUT2D eigenvalue weighted by Crippen LogP contribution is 2.28. The fourth-order valence-corrected chi connectivity index (χ4v) is 2.03. The summed E-state index contributed by atoms with van der Waals surface area (Å²) < 4.78 is 39.3. The van der Waals surface area contributed by atoms with Gasteiger partial charge in [0.25, 0.3) is 0 Å². The number of halogens is 4. The predicted octanol–water partition coefficient (Wildman–Crippen LogP) is 4.06. The van der Waals surface area contributed by atoms with Gasteiger partial charge < -0.3 is 5.11 Å². The van der Waals surface area contributed by atoms with E-state index in [1.807, 2.05) is 0 Å². The summed E-state index contributed by atoms with van der Waals surface area (Å²) in [5.74, 6) is -1.22. The molecule has 0 saturated carbocycles. The summed E-state index contributed by atoms with van der Waals surface area (Å²) in [6, 6.07) is 4.59. The van der Waals surface area contributed by atoms with E-state index in [2.05, 4.69) is 26.1 Å². The van der Waals surface area contributed by atoms with Crippen LogP contribution in [-0.2, 0) is 6.18 Å². The van der Waals surface area contributed by atoms with Gasteiger partial charge in [0.05, 0.1) is 0 Å². The summed E-state index contributed by atoms with van der Waals surface area (Å²) in [6.07, 6.45) is -2.23. The summed E-state index contributed by atoms with van der Waals surface area (Å²) in [6.45, 7) is 0. The van der Waals surface area contributed by atoms with Crippen molar-refractivity contribution < 1.29 is 18.3 Å². The standard InChI is InChI=1S/C11H7BrF3N3OS/c12-7-1-2-8(19)6(5-7)3-4-18-9(11(13,14)15)16-17-10(18)20/h1-5,19H,(H,17,20). The van der Waals surface area contributed by atoms with Gasteiger partial charge in [-0.1, -0.05) is 15.9 Å². The number of hydrogen-bond acceptors (Lipinski definition) is 3. The lowest BCUT2D eigenvalue weighted by atomic mass is 10.2. The Morgan fingerprint density at radius 1 is 1.40 bits per heavy atom. The zero-order valence-electron chi connectivity index (χ0n) is 9.65. The lowest BCUT2D eigenvalue weighted by Crippen LogP contribution is -2.12. The molecular formula is C11H7BrF3N3OS. The minimum atomic E-state index is -4.63. The molecule has 0 bridgehead atoms. The lowest BCUT2D eigenvalue weighted by molar-refractivity contribution is -0.146. The molecule has 2 N–H and O–H groups in total. The highest BCUT2D eigenvalue weighted by Gasteiger charge is 2.36. The van der Waals surface area contributed by atoms with E-state index in [1.54, 1.807) is 12.1 Å². The van der Waals surface area contributed by atoms with E-state index >= 15 is 0 Å². The van der Waals surface area contributed by atoms with Gasteiger partial charge in [-0.15, -0.1) is 5.10 Å². The van der Waals surface area contributed by atoms with Gasteiger partial charge in [0.15, 0.2) is 4.77 Å². The zero-order chi connectivity index (χ0) is 14.9. The first kappa shape index (κ1) is 14.8. The number of alkyl halides is 3. The van der Waals surface area contributed by atoms with Crippen molar-refractivity contribution in [3.05, 3.63) is 38.8 Å². The molecule has 1 aromatic carbocycles. The molecule has 0 aliphatic carbocycles. The van der Waals surface area contributed by atoms with Crippen molar-refractivity contribution in [1.82, 2.24) is 14.8 Å². The van der Waals surface area contributed by atoms with Crippen molar-refractivity contribution in [2.75, 3.05) is 0 Å². The number of aromatic nitrogens is 3. The van der Waals surface area contributed by atoms with Crippen LogP contribution in [0.25, 0.3) is 12.3 Å². The molecule has 0 amide bonds. The van der Waals surface area contributed by atoms with Gasteiger partial charge >= 0.3 is 6.18 Å². The first-order valence-corrected chi connectivity index (χ1v) is 6.40. The maximum Gasteiger partial charge on any atom is 0.452 e. The van der Waals surface area contributed by atoms with E-state index in [9.17, 15) is 18.3 Å². The zero-order valence-corrected chi connectivity index (χ0v) is 12.1. The van der Waals surface area contributed by atoms with Crippen molar-refractivity contribution >= 4 is 40.4 Å². The van der Waals surface area contributed by atoms with Crippen LogP contribution in [0.15, 0.2) is 22.7 Å². The van der Waals surface area contributed by atoms with Crippen LogP contribution < -0.4 is 0 Å². The third-order valence-electron chi connectivity index (χ3n) is 2.35. The molecule has 2 rings (SSSR count). The van der Waals surface area contributed by atoms with Gasteiger partial charge in [0.1, 0.15) is 5.75 Å². The molecule has 0 fully saturated rings. The largest absolute Gasteiger partial charge is 0.507 e. The van der Waals surface area contributed by atoms with E-state index in [0.717, 1.165) is 6.20 Å². The van der Waals surface area contributed by atoms with Gasteiger partial charge in [-0.05, 0) is 36.5 Å². The number of aromatic amines is 1. The van der Waals surface area contributed by atoms with Crippen LogP contribution in [0, 0.1) is 4.77 Å². The molecule has 2 aromatic rings. The summed E-state index contributed by atoms with van der Waals surface area (Å²) in [4.78, 5) is 0. The molecular weight excluding hydrogens is 359 g/mol. The van der Waals surface area contributed by atoms with E-state index in [4.69, 9.17) is 12.2 Å². The second-order valence-corrected chi connectivity index (χ2v) is 5.04. The third-order valence-corrected chi connectivity index (χ3v) is 3.13. The monoisotopic (exact) mass is 365 g/mol. The summed E-state index contributed by atoms with van der Waals surface area (Å²) in [5, 5.41) is 14.8. The summed E-state index contributed by atoms with van der Waals surface area (Å²) in [5.41, 5.74) is 0.343. The number of nitrogens with zero attached hydrogens (tertiary/aromatic N) is 2. The Hall–Kier alpha value is -1.61. The van der Waals surface area contributed by atoms with Crippen LogP contribution in [0.5, 0.6) is 5.75 Å². The van der Waals surface area contributed by atoms with Crippen LogP contribution in [0.4, 0.5) is 13.2 Å². The van der Waals surface area contributed by atoms with Gasteiger partial charge in [-0.2, -0.15) is 13.2 Å². The molecule has 0 aliphatic heterocycles. The average Bonchev–Trinajstić information content (AvgIpc) is 2.72. The van der Waals surface area contributed by atoms with Crippen LogP contribution in [0.1, 0.15) is 11.4 Å². The fourth-order valence-electron chi connectivity index (χ4n) is 1.46. The molecule has 0 aliphatic rings. The first-order valence-electron chi connectivity index (χ1n) is 5.20. The minimum Gasteiger partial charge on any atom is -0.507 e. The SMILES string of the molecule is Oc1ccc(Br)cc1C=Cn1c(C(F)(F)F)n[nH]c1=S. The molecule has 0 spiro atoms. The number of aromatic hydroxyl groups is 1. The topological polar surface area (TPSA) is 53.8 Å². The molecule has 0 saturated heterocycles. The smallest absolute Gasteiger partial charge is 0.452 e. The van der Waals surface area contributed by atoms with Gasteiger partial charge in [0, 0.05) is 16.2 Å². The Labute approximate surface area is 124 Å². The Morgan fingerprint density at radius 2 is 2.10 bits per heavy atom. The fraction of sp³-hybridized carbons (Fsp3) is 0.0909. The summed E-state index contributed by atoms with van der Waals surface area (Å²) >= 11 is 7.94. The Morgan fingerprint density at radius 3 is 2.75 bits per heavy atom. The second kappa shape index (κ2) is 5.41. The van der Waals surface area contributed by atoms with Crippen LogP contribution in [-0.4, -0.2) is 19.9 Å². The molecule has 0 radical (unpaired) electrons. The van der Waals surface area contributed by atoms with E-state index in [0.29, 0.717) is 14.6 Å². The van der Waals surface area contributed by atoms with Crippen LogP contribution in [0.2, 0.25) is 0 Å². The number of benzene rings is 1. The molecule has 1 aromatic heterocycles. The van der Waals surface area contributed by atoms with E-state index in [-0.39, 0.29) is 10.5 Å². The average molecular weight is 366 g/mol. The molecule has 20 heavy (non-hydrogen) atoms. The van der Waals surface area contributed by atoms with E-state index in [1.165, 1.54) is 12.1 Å². The number of rotatable bonds is 2. The van der Waals surface area contributed by atoms with Crippen molar-refractivity contribution in [1.29, 1.82) is 0 Å². The first-order chi connectivity index (χ1) is 9.29. The number of phenols is 1. The highest BCUT2D eigenvalue weighted by molar-refractivity contribution is 9.10. The number of H-pyrrole nitrogens is 1. The quantitative estimate of drug-likeness (QED) is 0.789. The number of hydrogen-bond donors (Lipinski definition) is 2. The second-order valence-electron chi connectivity index (χ2n) is 3.74. The Balaban J connectivity index is 2.45. The van der Waals surface area contributed by atoms with Gasteiger partial charge in [-0.3, -0.25) is 9.67 Å². The molecule has 1 heterocycles. The predicted molar refractivity (Wildman–Crippen MR) is 73.4 cm³/mol. The number of nitrogens with one attached hydrogen (secondary N) is 1. The van der Waals surface area contributed by atoms with Crippen LogP contribution in [0.3, 0.4) is 0 Å². The Kier molecular flexibility index (Phi) is 4.00. The highest BCUT2D eigenvalue weighted by atomic mass is 79.9. The molecule has 106 valence electrons. The lowest BCUT2D eigenvalue weighted by Gasteiger charge is -2.05. The maximum absolute atomic E-state index is 12.7. The maximum atomic E-state index is 12.7. The van der Waals surface area contributed by atoms with Crippen molar-refractivity contribution in [2.45, 2.75) is 6.18 Å². The van der Waals surface area contributed by atoms with Crippen molar-refractivity contribution in [3.63, 3.8) is 0 Å². The number of phenolic OH excluding ortho intramolecular Hbond substituents is 1. The molecule has 0 unspecified atom stereocenters. The normalized spacial score (nSPS) is 12.2. The molecule has 9 heteroatoms. The van der Waals surface area contributed by atoms with E-state index < -0.39 is 12.0 Å². The minimum absolute atomic E-state index is 0.0620. The van der Waals surface area contributed by atoms with Gasteiger partial charge in [0.2, 0.25) is 5.82 Å². The van der Waals surface area contributed by atoms with Crippen molar-refractivity contribution in [3.8, 4) is 5.75 Å². The third kappa shape index (κ3) is 3.10. The summed E-state index contributed by atoms with van der Waals surface area (Å²) in [7, 11) is 0. The molecule has 4 nitrogen and oxygen atoms in total.